The van der Waals surface area contributed by atoms with Gasteiger partial charge in [0.2, 0.25) is 0 Å². The van der Waals surface area contributed by atoms with Crippen LogP contribution in [0.1, 0.15) is 65.2 Å². The van der Waals surface area contributed by atoms with E-state index in [0.29, 0.717) is 0 Å². The summed E-state index contributed by atoms with van der Waals surface area (Å²) in [5.41, 5.74) is 1.79. The average molecular weight is 206 g/mol. The monoisotopic (exact) mass is 206 g/mol. The van der Waals surface area contributed by atoms with E-state index in [-0.39, 0.29) is 0 Å². The van der Waals surface area contributed by atoms with Crippen molar-refractivity contribution in [2.24, 2.45) is 17.8 Å². The normalized spacial score (nSPS) is 35.9. The van der Waals surface area contributed by atoms with Crippen molar-refractivity contribution in [1.82, 2.24) is 0 Å². The van der Waals surface area contributed by atoms with Gasteiger partial charge in [-0.25, -0.2) is 0 Å². The first-order valence-corrected chi connectivity index (χ1v) is 6.99. The molecule has 0 heterocycles. The van der Waals surface area contributed by atoms with Gasteiger partial charge in [0.1, 0.15) is 0 Å². The Morgan fingerprint density at radius 2 is 1.80 bits per heavy atom. The van der Waals surface area contributed by atoms with Crippen LogP contribution >= 0.6 is 0 Å². The second kappa shape index (κ2) is 5.18. The van der Waals surface area contributed by atoms with E-state index < -0.39 is 0 Å². The lowest BCUT2D eigenvalue weighted by molar-refractivity contribution is 0.184. The first-order chi connectivity index (χ1) is 7.31. The molecule has 0 saturated heterocycles. The summed E-state index contributed by atoms with van der Waals surface area (Å²) < 4.78 is 0. The Kier molecular flexibility index (Phi) is 3.88. The van der Waals surface area contributed by atoms with Gasteiger partial charge in [0.05, 0.1) is 0 Å². The standard InChI is InChI=1S/C15H26/c1-3-12-5-7-14(8-6-12)11-15-9-13(4-2)10-15/h7,12-13,15H,3-6,8-11H2,1-2H3. The Morgan fingerprint density at radius 1 is 1.07 bits per heavy atom. The van der Waals surface area contributed by atoms with Crippen molar-refractivity contribution in [2.45, 2.75) is 65.2 Å². The number of hydrogen-bond donors (Lipinski definition) is 0. The molecule has 1 atom stereocenters. The summed E-state index contributed by atoms with van der Waals surface area (Å²) in [5, 5.41) is 0. The van der Waals surface area contributed by atoms with Gasteiger partial charge in [-0.15, -0.1) is 0 Å². The van der Waals surface area contributed by atoms with Crippen LogP contribution in [0.25, 0.3) is 0 Å². The molecule has 1 saturated carbocycles. The summed E-state index contributed by atoms with van der Waals surface area (Å²) in [6, 6.07) is 0. The lowest BCUT2D eigenvalue weighted by Gasteiger charge is -2.36. The molecule has 0 aromatic carbocycles. The lowest BCUT2D eigenvalue weighted by Crippen LogP contribution is -2.23. The minimum absolute atomic E-state index is 0.999. The number of allylic oxidation sites excluding steroid dienone is 2. The van der Waals surface area contributed by atoms with E-state index in [1.165, 1.54) is 51.4 Å². The van der Waals surface area contributed by atoms with Gasteiger partial charge in [0.25, 0.3) is 0 Å². The zero-order valence-corrected chi connectivity index (χ0v) is 10.5. The SMILES string of the molecule is CCC1CC=C(CC2CC(CC)C2)CC1. The molecule has 2 aliphatic rings. The Labute approximate surface area is 95.1 Å². The molecule has 15 heavy (non-hydrogen) atoms. The van der Waals surface area contributed by atoms with Crippen LogP contribution in [0.5, 0.6) is 0 Å². The summed E-state index contributed by atoms with van der Waals surface area (Å²) >= 11 is 0. The molecule has 0 nitrogen and oxygen atoms in total. The van der Waals surface area contributed by atoms with Gasteiger partial charge < -0.3 is 0 Å². The van der Waals surface area contributed by atoms with Crippen molar-refractivity contribution in [2.75, 3.05) is 0 Å². The Hall–Kier alpha value is -0.260. The highest BCUT2D eigenvalue weighted by Crippen LogP contribution is 2.41. The summed E-state index contributed by atoms with van der Waals surface area (Å²) in [7, 11) is 0. The zero-order valence-electron chi connectivity index (χ0n) is 10.5. The van der Waals surface area contributed by atoms with Gasteiger partial charge in [0.15, 0.2) is 0 Å². The molecular weight excluding hydrogens is 180 g/mol. The van der Waals surface area contributed by atoms with Crippen molar-refractivity contribution < 1.29 is 0 Å². The average Bonchev–Trinajstić information content (AvgIpc) is 2.23. The zero-order chi connectivity index (χ0) is 10.7. The molecular formula is C15H26. The lowest BCUT2D eigenvalue weighted by atomic mass is 9.70. The quantitative estimate of drug-likeness (QED) is 0.571. The van der Waals surface area contributed by atoms with Gasteiger partial charge in [-0.3, -0.25) is 0 Å². The molecule has 0 aliphatic heterocycles. The highest BCUT2D eigenvalue weighted by molar-refractivity contribution is 5.08. The fraction of sp³-hybridized carbons (Fsp3) is 0.867. The van der Waals surface area contributed by atoms with E-state index in [2.05, 4.69) is 19.9 Å². The Morgan fingerprint density at radius 3 is 2.33 bits per heavy atom. The summed E-state index contributed by atoms with van der Waals surface area (Å²) in [5.74, 6) is 3.13. The molecule has 86 valence electrons. The van der Waals surface area contributed by atoms with E-state index in [1.54, 1.807) is 5.57 Å². The maximum atomic E-state index is 2.57. The molecule has 0 spiro atoms. The molecule has 0 N–H and O–H groups in total. The molecule has 0 amide bonds. The fourth-order valence-electron chi connectivity index (χ4n) is 3.24. The highest BCUT2D eigenvalue weighted by Gasteiger charge is 2.28. The molecule has 0 radical (unpaired) electrons. The Balaban J connectivity index is 1.70. The molecule has 0 aromatic heterocycles. The van der Waals surface area contributed by atoms with Crippen LogP contribution < -0.4 is 0 Å². The summed E-state index contributed by atoms with van der Waals surface area (Å²) in [4.78, 5) is 0. The minimum Gasteiger partial charge on any atom is -0.0850 e. The van der Waals surface area contributed by atoms with Gasteiger partial charge in [0, 0.05) is 0 Å². The summed E-state index contributed by atoms with van der Waals surface area (Å²) in [6.45, 7) is 4.67. The molecule has 0 aromatic rings. The van der Waals surface area contributed by atoms with Crippen LogP contribution in [-0.4, -0.2) is 0 Å². The van der Waals surface area contributed by atoms with E-state index in [4.69, 9.17) is 0 Å². The van der Waals surface area contributed by atoms with Crippen molar-refractivity contribution in [1.29, 1.82) is 0 Å². The van der Waals surface area contributed by atoms with Crippen molar-refractivity contribution >= 4 is 0 Å². The maximum Gasteiger partial charge on any atom is -0.0292 e. The van der Waals surface area contributed by atoms with Crippen molar-refractivity contribution in [3.05, 3.63) is 11.6 Å². The van der Waals surface area contributed by atoms with Crippen LogP contribution in [0.15, 0.2) is 11.6 Å². The van der Waals surface area contributed by atoms with Crippen LogP contribution in [0.4, 0.5) is 0 Å². The third kappa shape index (κ3) is 2.86. The molecule has 2 rings (SSSR count). The molecule has 1 fully saturated rings. The fourth-order valence-corrected chi connectivity index (χ4v) is 3.24. The summed E-state index contributed by atoms with van der Waals surface area (Å²) in [6.07, 6.45) is 14.1. The largest absolute Gasteiger partial charge is 0.0850 e. The van der Waals surface area contributed by atoms with Gasteiger partial charge in [-0.2, -0.15) is 0 Å². The first kappa shape index (κ1) is 11.2. The second-order valence-corrected chi connectivity index (χ2v) is 5.73. The van der Waals surface area contributed by atoms with E-state index in [9.17, 15) is 0 Å². The highest BCUT2D eigenvalue weighted by atomic mass is 14.3. The number of hydrogen-bond acceptors (Lipinski definition) is 0. The molecule has 0 bridgehead atoms. The molecule has 1 unspecified atom stereocenters. The minimum atomic E-state index is 0.999. The number of rotatable bonds is 4. The van der Waals surface area contributed by atoms with Crippen LogP contribution in [-0.2, 0) is 0 Å². The first-order valence-electron chi connectivity index (χ1n) is 6.99. The van der Waals surface area contributed by atoms with E-state index >= 15 is 0 Å². The molecule has 0 heteroatoms. The van der Waals surface area contributed by atoms with Crippen LogP contribution in [0.2, 0.25) is 0 Å². The van der Waals surface area contributed by atoms with Crippen LogP contribution in [0, 0.1) is 17.8 Å². The van der Waals surface area contributed by atoms with Gasteiger partial charge in [-0.05, 0) is 56.3 Å². The third-order valence-electron chi connectivity index (χ3n) is 4.65. The third-order valence-corrected chi connectivity index (χ3v) is 4.65. The van der Waals surface area contributed by atoms with E-state index in [0.717, 1.165) is 17.8 Å². The van der Waals surface area contributed by atoms with Gasteiger partial charge >= 0.3 is 0 Å². The van der Waals surface area contributed by atoms with Crippen molar-refractivity contribution in [3.8, 4) is 0 Å². The van der Waals surface area contributed by atoms with E-state index in [1.807, 2.05) is 0 Å². The predicted octanol–water partition coefficient (Wildman–Crippen LogP) is 4.95. The predicted molar refractivity (Wildman–Crippen MR) is 66.8 cm³/mol. The second-order valence-electron chi connectivity index (χ2n) is 5.73. The topological polar surface area (TPSA) is 0 Å². The van der Waals surface area contributed by atoms with Crippen molar-refractivity contribution in [3.63, 3.8) is 0 Å². The molecule has 2 aliphatic carbocycles. The Bertz CT molecular complexity index is 220. The smallest absolute Gasteiger partial charge is 0.0292 e. The van der Waals surface area contributed by atoms with Crippen LogP contribution in [0.3, 0.4) is 0 Å². The van der Waals surface area contributed by atoms with Gasteiger partial charge in [-0.1, -0.05) is 38.3 Å². The maximum absolute atomic E-state index is 2.57.